The van der Waals surface area contributed by atoms with Crippen LogP contribution in [0.25, 0.3) is 0 Å². The molecular weight excluding hydrogens is 430 g/mol. The van der Waals surface area contributed by atoms with Crippen LogP contribution >= 0.6 is 11.6 Å². The van der Waals surface area contributed by atoms with Gasteiger partial charge in [0.25, 0.3) is 0 Å². The molecule has 32 heavy (non-hydrogen) atoms. The maximum Gasteiger partial charge on any atom is 0.337 e. The van der Waals surface area contributed by atoms with Gasteiger partial charge in [-0.2, -0.15) is 0 Å². The lowest BCUT2D eigenvalue weighted by molar-refractivity contribution is -0.139. The Morgan fingerprint density at radius 1 is 1.19 bits per heavy atom. The van der Waals surface area contributed by atoms with E-state index >= 15 is 0 Å². The second kappa shape index (κ2) is 10.3. The minimum absolute atomic E-state index is 0.0675. The summed E-state index contributed by atoms with van der Waals surface area (Å²) < 4.78 is 10.1. The zero-order valence-electron chi connectivity index (χ0n) is 18.0. The highest BCUT2D eigenvalue weighted by Gasteiger charge is 2.37. The molecule has 0 saturated carbocycles. The third-order valence-corrected chi connectivity index (χ3v) is 5.59. The van der Waals surface area contributed by atoms with Crippen LogP contribution in [0.15, 0.2) is 72.5 Å². The van der Waals surface area contributed by atoms with Crippen LogP contribution in [-0.4, -0.2) is 36.5 Å². The quantitative estimate of drug-likeness (QED) is 0.451. The lowest BCUT2D eigenvalue weighted by atomic mass is 9.83. The molecule has 1 unspecified atom stereocenters. The van der Waals surface area contributed by atoms with Crippen LogP contribution in [0.1, 0.15) is 40.7 Å². The van der Waals surface area contributed by atoms with Crippen LogP contribution in [-0.2, 0) is 25.6 Å². The van der Waals surface area contributed by atoms with Gasteiger partial charge < -0.3 is 14.4 Å². The van der Waals surface area contributed by atoms with Gasteiger partial charge in [-0.05, 0) is 42.3 Å². The van der Waals surface area contributed by atoms with Crippen LogP contribution in [0.3, 0.4) is 0 Å². The molecule has 6 nitrogen and oxygen atoms in total. The zero-order valence-corrected chi connectivity index (χ0v) is 18.7. The first-order valence-electron chi connectivity index (χ1n) is 10.1. The van der Waals surface area contributed by atoms with E-state index in [4.69, 9.17) is 21.1 Å². The van der Waals surface area contributed by atoms with Gasteiger partial charge in [0.15, 0.2) is 0 Å². The number of amides is 1. The molecule has 7 heteroatoms. The van der Waals surface area contributed by atoms with E-state index in [1.807, 2.05) is 18.2 Å². The summed E-state index contributed by atoms with van der Waals surface area (Å²) in [7, 11) is 1.31. The second-order valence-electron chi connectivity index (χ2n) is 7.37. The number of allylic oxidation sites excluding steroid dienone is 1. The van der Waals surface area contributed by atoms with Gasteiger partial charge in [-0.15, -0.1) is 0 Å². The van der Waals surface area contributed by atoms with Crippen molar-refractivity contribution in [1.29, 1.82) is 0 Å². The van der Waals surface area contributed by atoms with Gasteiger partial charge in [0.05, 0.1) is 24.8 Å². The smallest absolute Gasteiger partial charge is 0.337 e. The molecule has 166 valence electrons. The largest absolute Gasteiger partial charge is 0.465 e. The molecule has 0 N–H and O–H groups in total. The lowest BCUT2D eigenvalue weighted by Crippen LogP contribution is -2.38. The van der Waals surface area contributed by atoms with E-state index in [2.05, 4.69) is 6.58 Å². The van der Waals surface area contributed by atoms with Crippen LogP contribution in [0.5, 0.6) is 0 Å². The molecule has 0 bridgehead atoms. The summed E-state index contributed by atoms with van der Waals surface area (Å²) >= 11 is 6.01. The summed E-state index contributed by atoms with van der Waals surface area (Å²) in [4.78, 5) is 39.5. The van der Waals surface area contributed by atoms with Gasteiger partial charge in [0.2, 0.25) is 5.91 Å². The molecule has 1 heterocycles. The third-order valence-electron chi connectivity index (χ3n) is 5.34. The summed E-state index contributed by atoms with van der Waals surface area (Å²) in [5, 5.41) is 0.569. The maximum absolute atomic E-state index is 13.1. The van der Waals surface area contributed by atoms with E-state index in [-0.39, 0.29) is 25.5 Å². The predicted molar refractivity (Wildman–Crippen MR) is 121 cm³/mol. The number of nitrogens with zero attached hydrogens (tertiary/aromatic N) is 1. The number of benzene rings is 2. The molecule has 0 spiro atoms. The highest BCUT2D eigenvalue weighted by molar-refractivity contribution is 6.30. The van der Waals surface area contributed by atoms with Crippen molar-refractivity contribution >= 4 is 29.4 Å². The van der Waals surface area contributed by atoms with E-state index in [1.54, 1.807) is 42.2 Å². The van der Waals surface area contributed by atoms with Gasteiger partial charge >= 0.3 is 11.9 Å². The molecule has 1 atom stereocenters. The topological polar surface area (TPSA) is 72.9 Å². The van der Waals surface area contributed by atoms with Crippen molar-refractivity contribution in [2.45, 2.75) is 25.8 Å². The molecule has 0 fully saturated rings. The fourth-order valence-electron chi connectivity index (χ4n) is 3.76. The van der Waals surface area contributed by atoms with E-state index in [1.165, 1.54) is 13.2 Å². The number of methoxy groups -OCH3 is 1. The van der Waals surface area contributed by atoms with E-state index < -0.39 is 17.9 Å². The fourth-order valence-corrected chi connectivity index (χ4v) is 3.88. The van der Waals surface area contributed by atoms with Gasteiger partial charge in [0.1, 0.15) is 6.61 Å². The van der Waals surface area contributed by atoms with E-state index in [0.717, 1.165) is 11.1 Å². The van der Waals surface area contributed by atoms with E-state index in [9.17, 15) is 14.4 Å². The Kier molecular flexibility index (Phi) is 7.49. The summed E-state index contributed by atoms with van der Waals surface area (Å²) in [6.07, 6.45) is 1.60. The molecule has 2 aromatic rings. The first-order chi connectivity index (χ1) is 15.3. The Labute approximate surface area is 192 Å². The third kappa shape index (κ3) is 5.08. The number of hydrogen-bond acceptors (Lipinski definition) is 5. The Morgan fingerprint density at radius 3 is 2.56 bits per heavy atom. The van der Waals surface area contributed by atoms with Crippen molar-refractivity contribution in [3.8, 4) is 0 Å². The van der Waals surface area contributed by atoms with Gasteiger partial charge in [-0.1, -0.05) is 48.5 Å². The maximum atomic E-state index is 13.1. The van der Waals surface area contributed by atoms with Crippen molar-refractivity contribution in [3.63, 3.8) is 0 Å². The number of esters is 2. The Hall–Kier alpha value is -3.38. The molecule has 2 aromatic carbocycles. The zero-order chi connectivity index (χ0) is 23.3. The minimum atomic E-state index is -0.497. The monoisotopic (exact) mass is 453 g/mol. The van der Waals surface area contributed by atoms with Gasteiger partial charge in [-0.3, -0.25) is 4.79 Å². The molecular formula is C25H24ClNO5. The Balaban J connectivity index is 2.00. The van der Waals surface area contributed by atoms with Crippen LogP contribution in [0.2, 0.25) is 5.02 Å². The van der Waals surface area contributed by atoms with Crippen molar-refractivity contribution in [2.75, 3.05) is 13.7 Å². The van der Waals surface area contributed by atoms with Gasteiger partial charge in [-0.25, -0.2) is 9.59 Å². The number of hydrogen-bond donors (Lipinski definition) is 0. The Bertz CT molecular complexity index is 1070. The second-order valence-corrected chi connectivity index (χ2v) is 7.80. The van der Waals surface area contributed by atoms with Gasteiger partial charge in [0, 0.05) is 23.1 Å². The molecule has 3 rings (SSSR count). The fraction of sp³-hybridized carbons (Fsp3) is 0.240. The number of carbonyl (C=O) groups is 3. The highest BCUT2D eigenvalue weighted by atomic mass is 35.5. The molecule has 0 saturated heterocycles. The Morgan fingerprint density at radius 2 is 1.91 bits per heavy atom. The molecule has 1 aliphatic rings. The molecule has 0 radical (unpaired) electrons. The summed E-state index contributed by atoms with van der Waals surface area (Å²) in [6.45, 7) is 5.59. The van der Waals surface area contributed by atoms with Crippen molar-refractivity contribution in [1.82, 2.24) is 4.90 Å². The van der Waals surface area contributed by atoms with Crippen molar-refractivity contribution < 1.29 is 23.9 Å². The SMILES string of the molecule is C=CCOC(=O)C1=C(C)N(Cc2cccc(C(=O)OC)c2)C(=O)CC1c1ccc(Cl)cc1. The lowest BCUT2D eigenvalue weighted by Gasteiger charge is -2.34. The first-order valence-corrected chi connectivity index (χ1v) is 10.4. The summed E-state index contributed by atoms with van der Waals surface area (Å²) in [5.41, 5.74) is 2.86. The van der Waals surface area contributed by atoms with Crippen molar-refractivity contribution in [2.24, 2.45) is 0 Å². The number of halogens is 1. The average molecular weight is 454 g/mol. The van der Waals surface area contributed by atoms with Crippen LogP contribution < -0.4 is 0 Å². The predicted octanol–water partition coefficient (Wildman–Crippen LogP) is 4.65. The van der Waals surface area contributed by atoms with Crippen molar-refractivity contribution in [3.05, 3.63) is 94.2 Å². The highest BCUT2D eigenvalue weighted by Crippen LogP contribution is 2.38. The van der Waals surface area contributed by atoms with Crippen LogP contribution in [0.4, 0.5) is 0 Å². The molecule has 0 aromatic heterocycles. The van der Waals surface area contributed by atoms with Crippen LogP contribution in [0, 0.1) is 0 Å². The first kappa shape index (κ1) is 23.3. The number of rotatable bonds is 7. The van der Waals surface area contributed by atoms with E-state index in [0.29, 0.717) is 21.9 Å². The molecule has 1 amide bonds. The summed E-state index contributed by atoms with van der Waals surface area (Å²) in [5.74, 6) is -1.54. The minimum Gasteiger partial charge on any atom is -0.465 e. The number of ether oxygens (including phenoxy) is 2. The molecule has 0 aliphatic carbocycles. The normalized spacial score (nSPS) is 16.0. The number of carbonyl (C=O) groups excluding carboxylic acids is 3. The molecule has 1 aliphatic heterocycles. The standard InChI is InChI=1S/C25H24ClNO5/c1-4-12-32-25(30)23-16(2)27(15-17-6-5-7-19(13-17)24(29)31-3)22(28)14-21(23)18-8-10-20(26)11-9-18/h4-11,13,21H,1,12,14-15H2,2-3H3. The average Bonchev–Trinajstić information content (AvgIpc) is 2.80. The summed E-state index contributed by atoms with van der Waals surface area (Å²) in [6, 6.07) is 13.9.